The van der Waals surface area contributed by atoms with Gasteiger partial charge < -0.3 is 4.90 Å². The van der Waals surface area contributed by atoms with Crippen LogP contribution in [0.3, 0.4) is 0 Å². The fourth-order valence-electron chi connectivity index (χ4n) is 2.26. The van der Waals surface area contributed by atoms with Crippen LogP contribution < -0.4 is 5.69 Å². The van der Waals surface area contributed by atoms with Gasteiger partial charge in [0.25, 0.3) is 0 Å². The second-order valence-electron chi connectivity index (χ2n) is 5.21. The molecular weight excluding hydrogens is 266 g/mol. The van der Waals surface area contributed by atoms with E-state index in [1.54, 1.807) is 23.2 Å². The lowest BCUT2D eigenvalue weighted by Crippen LogP contribution is -2.24. The number of H-pyrrole nitrogens is 1. The average molecular weight is 283 g/mol. The highest BCUT2D eigenvalue weighted by molar-refractivity contribution is 5.78. The van der Waals surface area contributed by atoms with E-state index in [1.807, 2.05) is 37.2 Å². The number of nitrogens with zero attached hydrogens (tertiary/aromatic N) is 4. The van der Waals surface area contributed by atoms with E-state index >= 15 is 0 Å². The van der Waals surface area contributed by atoms with Gasteiger partial charge in [-0.25, -0.2) is 9.78 Å². The summed E-state index contributed by atoms with van der Waals surface area (Å²) in [5, 5.41) is 0. The summed E-state index contributed by atoms with van der Waals surface area (Å²) >= 11 is 0. The minimum absolute atomic E-state index is 0.119. The van der Waals surface area contributed by atoms with Gasteiger partial charge in [-0.3, -0.25) is 14.5 Å². The summed E-state index contributed by atoms with van der Waals surface area (Å²) in [7, 11) is 3.97. The second-order valence-corrected chi connectivity index (χ2v) is 5.21. The number of nitrogens with one attached hydrogen (secondary N) is 1. The van der Waals surface area contributed by atoms with Gasteiger partial charge in [-0.2, -0.15) is 0 Å². The highest BCUT2D eigenvalue weighted by Gasteiger charge is 2.09. The normalized spacial score (nSPS) is 11.4. The van der Waals surface area contributed by atoms with Crippen LogP contribution in [0.2, 0.25) is 0 Å². The molecule has 1 N–H and O–H groups in total. The van der Waals surface area contributed by atoms with Crippen molar-refractivity contribution in [3.8, 4) is 11.1 Å². The van der Waals surface area contributed by atoms with Crippen LogP contribution >= 0.6 is 0 Å². The molecule has 21 heavy (non-hydrogen) atoms. The molecule has 6 heteroatoms. The molecule has 0 bridgehead atoms. The van der Waals surface area contributed by atoms with Crippen LogP contribution in [0.25, 0.3) is 22.3 Å². The highest BCUT2D eigenvalue weighted by atomic mass is 16.1. The van der Waals surface area contributed by atoms with E-state index in [4.69, 9.17) is 0 Å². The van der Waals surface area contributed by atoms with Crippen LogP contribution in [-0.4, -0.2) is 45.1 Å². The number of fused-ring (bicyclic) bond motifs is 1. The molecule has 3 aromatic rings. The van der Waals surface area contributed by atoms with E-state index in [9.17, 15) is 4.79 Å². The van der Waals surface area contributed by atoms with Gasteiger partial charge in [0.15, 0.2) is 5.65 Å². The molecule has 3 heterocycles. The monoisotopic (exact) mass is 283 g/mol. The lowest BCUT2D eigenvalue weighted by molar-refractivity contribution is 0.384. The minimum atomic E-state index is -0.119. The number of hydrogen-bond acceptors (Lipinski definition) is 4. The third-order valence-corrected chi connectivity index (χ3v) is 3.41. The molecule has 0 spiro atoms. The quantitative estimate of drug-likeness (QED) is 0.785. The fourth-order valence-corrected chi connectivity index (χ4v) is 2.26. The largest absolute Gasteiger partial charge is 0.327 e. The lowest BCUT2D eigenvalue weighted by atomic mass is 10.1. The number of hydrogen-bond donors (Lipinski definition) is 1. The van der Waals surface area contributed by atoms with Gasteiger partial charge in [-0.1, -0.05) is 0 Å². The molecule has 0 fully saturated rings. The molecule has 0 saturated heterocycles. The zero-order chi connectivity index (χ0) is 14.8. The molecule has 0 aliphatic carbocycles. The Kier molecular flexibility index (Phi) is 3.53. The molecule has 0 aliphatic rings. The Labute approximate surface area is 122 Å². The van der Waals surface area contributed by atoms with Crippen LogP contribution in [0.4, 0.5) is 0 Å². The van der Waals surface area contributed by atoms with Crippen molar-refractivity contribution >= 4 is 11.2 Å². The minimum Gasteiger partial charge on any atom is -0.308 e. The number of aromatic amines is 1. The lowest BCUT2D eigenvalue weighted by Gasteiger charge is -2.10. The molecular formula is C15H17N5O. The zero-order valence-electron chi connectivity index (χ0n) is 12.1. The van der Waals surface area contributed by atoms with Gasteiger partial charge >= 0.3 is 5.69 Å². The molecule has 0 unspecified atom stereocenters. The van der Waals surface area contributed by atoms with E-state index < -0.39 is 0 Å². The Morgan fingerprint density at radius 1 is 1.24 bits per heavy atom. The van der Waals surface area contributed by atoms with Crippen LogP contribution in [0.1, 0.15) is 0 Å². The van der Waals surface area contributed by atoms with E-state index in [2.05, 4.69) is 15.0 Å². The molecule has 0 radical (unpaired) electrons. The zero-order valence-corrected chi connectivity index (χ0v) is 12.1. The predicted octanol–water partition coefficient (Wildman–Crippen LogP) is 1.35. The first kappa shape index (κ1) is 13.5. The van der Waals surface area contributed by atoms with Crippen LogP contribution in [-0.2, 0) is 6.54 Å². The molecule has 0 saturated carbocycles. The summed E-state index contributed by atoms with van der Waals surface area (Å²) in [6.07, 6.45) is 5.26. The van der Waals surface area contributed by atoms with Crippen LogP contribution in [0, 0.1) is 0 Å². The topological polar surface area (TPSA) is 66.8 Å². The summed E-state index contributed by atoms with van der Waals surface area (Å²) in [4.78, 5) is 25.3. The Bertz CT molecular complexity index is 804. The molecule has 3 aromatic heterocycles. The summed E-state index contributed by atoms with van der Waals surface area (Å²) in [6, 6.07) is 5.85. The molecule has 3 rings (SSSR count). The molecule has 108 valence electrons. The van der Waals surface area contributed by atoms with E-state index in [-0.39, 0.29) is 5.69 Å². The summed E-state index contributed by atoms with van der Waals surface area (Å²) < 4.78 is 1.73. The Hall–Kier alpha value is -2.47. The molecule has 6 nitrogen and oxygen atoms in total. The Morgan fingerprint density at radius 3 is 2.71 bits per heavy atom. The maximum atomic E-state index is 12.0. The number of rotatable bonds is 4. The standard InChI is InChI=1S/C15H17N5O/c1-19(2)7-8-20-13-9-12(11-3-5-16-6-4-11)10-17-14(13)18-15(20)21/h3-6,9-10H,7-8H2,1-2H3,(H,17,18,21). The average Bonchev–Trinajstić information content (AvgIpc) is 2.80. The molecule has 0 amide bonds. The first-order valence-corrected chi connectivity index (χ1v) is 6.79. The van der Waals surface area contributed by atoms with Crippen LogP contribution in [0.5, 0.6) is 0 Å². The Morgan fingerprint density at radius 2 is 2.00 bits per heavy atom. The van der Waals surface area contributed by atoms with Gasteiger partial charge in [-0.15, -0.1) is 0 Å². The van der Waals surface area contributed by atoms with Gasteiger partial charge in [-0.05, 0) is 37.9 Å². The smallest absolute Gasteiger partial charge is 0.308 e. The number of aromatic nitrogens is 4. The SMILES string of the molecule is CN(C)CCn1c(=O)[nH]c2ncc(-c3ccncc3)cc21. The Balaban J connectivity index is 2.07. The maximum Gasteiger partial charge on any atom is 0.327 e. The molecule has 0 aromatic carbocycles. The van der Waals surface area contributed by atoms with Crippen molar-refractivity contribution in [1.82, 2.24) is 24.4 Å². The third-order valence-electron chi connectivity index (χ3n) is 3.41. The summed E-state index contributed by atoms with van der Waals surface area (Å²) in [5.41, 5.74) is 3.34. The number of imidazole rings is 1. The number of likely N-dealkylation sites (N-methyl/N-ethyl adjacent to an activating group) is 1. The van der Waals surface area contributed by atoms with Crippen molar-refractivity contribution in [2.75, 3.05) is 20.6 Å². The fraction of sp³-hybridized carbons (Fsp3) is 0.267. The third kappa shape index (κ3) is 2.71. The van der Waals surface area contributed by atoms with Crippen molar-refractivity contribution < 1.29 is 0 Å². The molecule has 0 aliphatic heterocycles. The predicted molar refractivity (Wildman–Crippen MR) is 82.1 cm³/mol. The van der Waals surface area contributed by atoms with Gasteiger partial charge in [0, 0.05) is 37.2 Å². The second kappa shape index (κ2) is 5.49. The summed E-state index contributed by atoms with van der Waals surface area (Å²) in [5.74, 6) is 0. The van der Waals surface area contributed by atoms with Crippen molar-refractivity contribution in [3.05, 3.63) is 47.3 Å². The van der Waals surface area contributed by atoms with Crippen molar-refractivity contribution in [2.24, 2.45) is 0 Å². The summed E-state index contributed by atoms with van der Waals surface area (Å²) in [6.45, 7) is 1.43. The van der Waals surface area contributed by atoms with Gasteiger partial charge in [0.05, 0.1) is 5.52 Å². The molecule has 0 atom stereocenters. The van der Waals surface area contributed by atoms with Gasteiger partial charge in [0.1, 0.15) is 0 Å². The van der Waals surface area contributed by atoms with E-state index in [0.717, 1.165) is 23.2 Å². The van der Waals surface area contributed by atoms with Crippen molar-refractivity contribution in [3.63, 3.8) is 0 Å². The maximum absolute atomic E-state index is 12.0. The first-order chi connectivity index (χ1) is 10.1. The highest BCUT2D eigenvalue weighted by Crippen LogP contribution is 2.20. The van der Waals surface area contributed by atoms with E-state index in [0.29, 0.717) is 12.2 Å². The van der Waals surface area contributed by atoms with E-state index in [1.165, 1.54) is 0 Å². The van der Waals surface area contributed by atoms with Gasteiger partial charge in [0.2, 0.25) is 0 Å². The van der Waals surface area contributed by atoms with Crippen LogP contribution in [0.15, 0.2) is 41.6 Å². The number of pyridine rings is 2. The van der Waals surface area contributed by atoms with Crippen molar-refractivity contribution in [1.29, 1.82) is 0 Å². The van der Waals surface area contributed by atoms with Crippen molar-refractivity contribution in [2.45, 2.75) is 6.54 Å². The first-order valence-electron chi connectivity index (χ1n) is 6.79.